The average molecular weight is 1030 g/mol. The maximum atomic E-state index is 13.4. The predicted octanol–water partition coefficient (Wildman–Crippen LogP) is 11.7. The molecule has 3 unspecified atom stereocenters. The molecule has 8 aromatic rings. The number of cyclic esters (lactones) is 1. The Hall–Kier alpha value is -8.06. The van der Waals surface area contributed by atoms with Crippen molar-refractivity contribution in [2.75, 3.05) is 26.3 Å². The summed E-state index contributed by atoms with van der Waals surface area (Å²) < 4.78 is 30.5. The Balaban J connectivity index is 0.000000182. The maximum Gasteiger partial charge on any atom is 0.326 e. The molecule has 3 aliphatic heterocycles. The zero-order chi connectivity index (χ0) is 52.6. The van der Waals surface area contributed by atoms with Crippen LogP contribution < -0.4 is 19.5 Å². The molecule has 3 heterocycles. The smallest absolute Gasteiger partial charge is 0.326 e. The van der Waals surface area contributed by atoms with E-state index in [2.05, 4.69) is 22.3 Å². The van der Waals surface area contributed by atoms with E-state index in [1.54, 1.807) is 0 Å². The number of carbonyl (C=O) groups excluding carboxylic acids is 2. The van der Waals surface area contributed by atoms with Crippen molar-refractivity contribution in [3.63, 3.8) is 0 Å². The minimum absolute atomic E-state index is 0.0694. The molecule has 2 N–H and O–H groups in total. The van der Waals surface area contributed by atoms with Gasteiger partial charge in [-0.05, 0) is 100 Å². The lowest BCUT2D eigenvalue weighted by molar-refractivity contribution is -0.163. The zero-order valence-electron chi connectivity index (χ0n) is 43.1. The van der Waals surface area contributed by atoms with Gasteiger partial charge in [0.2, 0.25) is 5.91 Å². The quantitative estimate of drug-likeness (QED) is 0.0758. The van der Waals surface area contributed by atoms with E-state index in [9.17, 15) is 14.7 Å². The monoisotopic (exact) mass is 1030 g/mol. The molecule has 392 valence electrons. The number of carbonyl (C=O) groups is 2. The fourth-order valence-corrected chi connectivity index (χ4v) is 10.2. The summed E-state index contributed by atoms with van der Waals surface area (Å²) in [5, 5.41) is 13.5. The second kappa shape index (κ2) is 26.1. The standard InChI is InChI=1S/C38H33NO5.C28H32N2O3/c40-38-35-36(30-16-20-32(21-17-30)41-24-27-10-4-1-5-11-27)44-37(39(35)34(26-43-38)29-14-8-3-9-15-29)31-18-22-33(23-19-31)42-25-28-12-6-2-7-13-28;31-20-27(24-11-5-2-6-12-24)29-26(28(32)30-17-7-8-18-30)19-22-13-15-25(16-14-22)33-21-23-9-3-1-4-10-23/h1-23,34-37H,24-26H2;1-6,9-16,26-27,29,31H,7-8,17-21H2/t34-,35?,36-,37?;26-,27?/m10/s1. The van der Waals surface area contributed by atoms with Crippen molar-refractivity contribution in [2.45, 2.75) is 75.6 Å². The first-order valence-electron chi connectivity index (χ1n) is 26.6. The van der Waals surface area contributed by atoms with Gasteiger partial charge < -0.3 is 33.7 Å². The second-order valence-electron chi connectivity index (χ2n) is 19.6. The van der Waals surface area contributed by atoms with Gasteiger partial charge in [0.25, 0.3) is 0 Å². The number of benzene rings is 8. The number of ether oxygens (including phenoxy) is 5. The van der Waals surface area contributed by atoms with Crippen molar-refractivity contribution < 1.29 is 38.4 Å². The molecular weight excluding hydrogens is 963 g/mol. The van der Waals surface area contributed by atoms with E-state index in [1.807, 2.05) is 217 Å². The highest BCUT2D eigenvalue weighted by Crippen LogP contribution is 2.49. The predicted molar refractivity (Wildman–Crippen MR) is 297 cm³/mol. The van der Waals surface area contributed by atoms with Crippen LogP contribution in [0.25, 0.3) is 0 Å². The first kappa shape index (κ1) is 52.4. The number of rotatable bonds is 19. The number of hydrogen-bond acceptors (Lipinski definition) is 10. The van der Waals surface area contributed by atoms with Gasteiger partial charge in [-0.25, -0.2) is 4.90 Å². The number of esters is 1. The van der Waals surface area contributed by atoms with Gasteiger partial charge in [0.15, 0.2) is 0 Å². The van der Waals surface area contributed by atoms with E-state index in [0.717, 1.165) is 87.7 Å². The lowest BCUT2D eigenvalue weighted by Gasteiger charge is -2.39. The Morgan fingerprint density at radius 2 is 1.00 bits per heavy atom. The van der Waals surface area contributed by atoms with E-state index in [-0.39, 0.29) is 37.2 Å². The van der Waals surface area contributed by atoms with Crippen molar-refractivity contribution in [1.29, 1.82) is 0 Å². The average Bonchev–Trinajstić information content (AvgIpc) is 4.32. The van der Waals surface area contributed by atoms with E-state index < -0.39 is 24.4 Å². The number of morpholine rings is 1. The summed E-state index contributed by atoms with van der Waals surface area (Å²) in [5.41, 5.74) is 8.27. The van der Waals surface area contributed by atoms with Crippen LogP contribution in [0, 0.1) is 0 Å². The number of hydrogen-bond donors (Lipinski definition) is 2. The first-order chi connectivity index (χ1) is 38.0. The fraction of sp³-hybridized carbons (Fsp3) is 0.242. The van der Waals surface area contributed by atoms with E-state index in [1.165, 1.54) is 0 Å². The van der Waals surface area contributed by atoms with Crippen LogP contribution in [0.1, 0.15) is 81.8 Å². The summed E-state index contributed by atoms with van der Waals surface area (Å²) in [6, 6.07) is 72.5. The molecular formula is C66H65N3O8. The zero-order valence-corrected chi connectivity index (χ0v) is 43.1. The Bertz CT molecular complexity index is 3060. The van der Waals surface area contributed by atoms with E-state index in [4.69, 9.17) is 23.7 Å². The van der Waals surface area contributed by atoms with Crippen LogP contribution in [0.3, 0.4) is 0 Å². The number of nitrogens with zero attached hydrogens (tertiary/aromatic N) is 2. The van der Waals surface area contributed by atoms with Crippen LogP contribution in [0.15, 0.2) is 224 Å². The highest BCUT2D eigenvalue weighted by molar-refractivity contribution is 5.82. The number of aliphatic hydroxyl groups excluding tert-OH is 1. The van der Waals surface area contributed by atoms with Gasteiger partial charge in [-0.15, -0.1) is 0 Å². The van der Waals surface area contributed by atoms with Crippen LogP contribution >= 0.6 is 0 Å². The Labute approximate surface area is 451 Å². The summed E-state index contributed by atoms with van der Waals surface area (Å²) >= 11 is 0. The van der Waals surface area contributed by atoms with Crippen LogP contribution in [-0.4, -0.2) is 65.2 Å². The van der Waals surface area contributed by atoms with Gasteiger partial charge in [0.1, 0.15) is 62.0 Å². The SMILES string of the molecule is O=C([C@H](Cc1ccc(OCc2ccccc2)cc1)NC(CO)c1ccccc1)N1CCCC1.O=C1OC[C@H](c2ccccc2)N2C(c3ccc(OCc4ccccc4)cc3)O[C@H](c3ccc(OCc4ccccc4)cc3)C12. The minimum Gasteiger partial charge on any atom is -0.489 e. The Kier molecular flexibility index (Phi) is 17.8. The van der Waals surface area contributed by atoms with Gasteiger partial charge in [-0.1, -0.05) is 188 Å². The molecule has 3 aliphatic rings. The van der Waals surface area contributed by atoms with Crippen molar-refractivity contribution in [3.8, 4) is 17.2 Å². The van der Waals surface area contributed by atoms with Crippen LogP contribution in [0.5, 0.6) is 17.2 Å². The number of aliphatic hydroxyl groups is 1. The summed E-state index contributed by atoms with van der Waals surface area (Å²) in [6.45, 7) is 3.29. The van der Waals surface area contributed by atoms with Crippen molar-refractivity contribution in [2.24, 2.45) is 0 Å². The largest absolute Gasteiger partial charge is 0.489 e. The molecule has 0 radical (unpaired) electrons. The summed E-state index contributed by atoms with van der Waals surface area (Å²) in [7, 11) is 0. The first-order valence-corrected chi connectivity index (χ1v) is 26.6. The number of amides is 1. The van der Waals surface area contributed by atoms with E-state index in [0.29, 0.717) is 26.2 Å². The summed E-state index contributed by atoms with van der Waals surface area (Å²) in [5.74, 6) is 2.15. The molecule has 77 heavy (non-hydrogen) atoms. The third kappa shape index (κ3) is 13.7. The highest BCUT2D eigenvalue weighted by Gasteiger charge is 2.54. The summed E-state index contributed by atoms with van der Waals surface area (Å²) in [6.07, 6.45) is 1.68. The molecule has 8 aromatic carbocycles. The van der Waals surface area contributed by atoms with Crippen LogP contribution in [-0.2, 0) is 45.3 Å². The lowest BCUT2D eigenvalue weighted by Crippen LogP contribution is -2.49. The fourth-order valence-electron chi connectivity index (χ4n) is 10.2. The molecule has 11 heteroatoms. The van der Waals surface area contributed by atoms with Crippen molar-refractivity contribution >= 4 is 11.9 Å². The van der Waals surface area contributed by atoms with Gasteiger partial charge in [0, 0.05) is 13.1 Å². The molecule has 1 amide bonds. The molecule has 0 saturated carbocycles. The molecule has 11 rings (SSSR count). The molecule has 0 spiro atoms. The number of nitrogens with one attached hydrogen (secondary N) is 1. The van der Waals surface area contributed by atoms with Gasteiger partial charge >= 0.3 is 5.97 Å². The maximum absolute atomic E-state index is 13.4. The normalized spacial score (nSPS) is 18.7. The van der Waals surface area contributed by atoms with Crippen molar-refractivity contribution in [3.05, 3.63) is 269 Å². The minimum atomic E-state index is -0.607. The van der Waals surface area contributed by atoms with Gasteiger partial charge in [-0.2, -0.15) is 0 Å². The van der Waals surface area contributed by atoms with Crippen molar-refractivity contribution in [1.82, 2.24) is 15.1 Å². The number of likely N-dealkylation sites (tertiary alicyclic amines) is 1. The molecule has 0 bridgehead atoms. The second-order valence-corrected chi connectivity index (χ2v) is 19.6. The van der Waals surface area contributed by atoms with Crippen LogP contribution in [0.2, 0.25) is 0 Å². The molecule has 6 atom stereocenters. The van der Waals surface area contributed by atoms with E-state index >= 15 is 0 Å². The number of fused-ring (bicyclic) bond motifs is 1. The Morgan fingerprint density at radius 1 is 0.545 bits per heavy atom. The van der Waals surface area contributed by atoms with Gasteiger partial charge in [0.05, 0.1) is 24.7 Å². The Morgan fingerprint density at radius 3 is 1.49 bits per heavy atom. The molecule has 0 aliphatic carbocycles. The summed E-state index contributed by atoms with van der Waals surface area (Å²) in [4.78, 5) is 30.9. The molecule has 11 nitrogen and oxygen atoms in total. The molecule has 3 saturated heterocycles. The molecule has 0 aromatic heterocycles. The lowest BCUT2D eigenvalue weighted by atomic mass is 9.96. The highest BCUT2D eigenvalue weighted by atomic mass is 16.6. The van der Waals surface area contributed by atoms with Crippen LogP contribution in [0.4, 0.5) is 0 Å². The third-order valence-electron chi connectivity index (χ3n) is 14.3. The van der Waals surface area contributed by atoms with Gasteiger partial charge in [-0.3, -0.25) is 14.9 Å². The topological polar surface area (TPSA) is 119 Å². The third-order valence-corrected chi connectivity index (χ3v) is 14.3. The molecule has 3 fully saturated rings.